The Hall–Kier alpha value is -1.14. The Bertz CT molecular complexity index is 224. The van der Waals surface area contributed by atoms with Crippen LogP contribution in [0.25, 0.3) is 0 Å². The zero-order valence-corrected chi connectivity index (χ0v) is 7.33. The molecule has 1 aliphatic carbocycles. The van der Waals surface area contributed by atoms with Gasteiger partial charge in [-0.3, -0.25) is 9.59 Å². The van der Waals surface area contributed by atoms with Gasteiger partial charge in [0.15, 0.2) is 0 Å². The summed E-state index contributed by atoms with van der Waals surface area (Å²) in [5.41, 5.74) is 0. The lowest BCUT2D eigenvalue weighted by molar-refractivity contribution is -0.162. The van der Waals surface area contributed by atoms with Crippen LogP contribution in [0, 0.1) is 11.8 Å². The number of hydrogen-bond donors (Lipinski definition) is 4. The number of carbonyl (C=O) groups is 2. The maximum Gasteiger partial charge on any atom is 0.307 e. The van der Waals surface area contributed by atoms with E-state index in [2.05, 4.69) is 0 Å². The Balaban J connectivity index is 2.80. The van der Waals surface area contributed by atoms with Gasteiger partial charge in [-0.2, -0.15) is 0 Å². The molecule has 0 aromatic rings. The quantitative estimate of drug-likeness (QED) is 0.454. The summed E-state index contributed by atoms with van der Waals surface area (Å²) in [6, 6.07) is 0. The van der Waals surface area contributed by atoms with E-state index in [1.807, 2.05) is 0 Å². The molecule has 1 fully saturated rings. The van der Waals surface area contributed by atoms with Gasteiger partial charge in [-0.05, 0) is 12.8 Å². The third-order valence-corrected chi connectivity index (χ3v) is 2.56. The summed E-state index contributed by atoms with van der Waals surface area (Å²) >= 11 is 0. The largest absolute Gasteiger partial charge is 0.481 e. The minimum Gasteiger partial charge on any atom is -0.481 e. The Morgan fingerprint density at radius 3 is 1.36 bits per heavy atom. The Kier molecular flexibility index (Phi) is 3.07. The Morgan fingerprint density at radius 1 is 0.857 bits per heavy atom. The summed E-state index contributed by atoms with van der Waals surface area (Å²) in [4.78, 5) is 21.3. The van der Waals surface area contributed by atoms with Gasteiger partial charge in [0.1, 0.15) is 0 Å². The molecule has 0 saturated heterocycles. The maximum absolute atomic E-state index is 10.7. The van der Waals surface area contributed by atoms with Crippen molar-refractivity contribution in [2.75, 3.05) is 0 Å². The van der Waals surface area contributed by atoms with E-state index in [4.69, 9.17) is 10.2 Å². The molecule has 1 rings (SSSR count). The predicted molar refractivity (Wildman–Crippen MR) is 43.5 cm³/mol. The maximum atomic E-state index is 10.7. The topological polar surface area (TPSA) is 115 Å². The molecule has 0 amide bonds. The van der Waals surface area contributed by atoms with Crippen LogP contribution in [0.4, 0.5) is 0 Å². The Morgan fingerprint density at radius 2 is 1.14 bits per heavy atom. The summed E-state index contributed by atoms with van der Waals surface area (Å²) in [5.74, 6) is -4.73. The van der Waals surface area contributed by atoms with Crippen LogP contribution < -0.4 is 0 Å². The summed E-state index contributed by atoms with van der Waals surface area (Å²) in [6.07, 6.45) is -2.72. The summed E-state index contributed by atoms with van der Waals surface area (Å²) in [7, 11) is 0. The van der Waals surface area contributed by atoms with Crippen molar-refractivity contribution in [2.24, 2.45) is 11.8 Å². The van der Waals surface area contributed by atoms with Crippen LogP contribution in [-0.2, 0) is 9.59 Å². The average Bonchev–Trinajstić information content (AvgIpc) is 2.08. The first-order valence-corrected chi connectivity index (χ1v) is 4.25. The molecule has 6 nitrogen and oxygen atoms in total. The molecule has 3 unspecified atom stereocenters. The number of carboxylic acids is 2. The van der Waals surface area contributed by atoms with E-state index in [0.29, 0.717) is 0 Å². The summed E-state index contributed by atoms with van der Waals surface area (Å²) < 4.78 is 0. The third-order valence-electron chi connectivity index (χ3n) is 2.56. The smallest absolute Gasteiger partial charge is 0.307 e. The molecule has 4 N–H and O–H groups in total. The van der Waals surface area contributed by atoms with E-state index < -0.39 is 36.0 Å². The number of carboxylic acid groups (broad SMARTS) is 2. The fraction of sp³-hybridized carbons (Fsp3) is 0.750. The monoisotopic (exact) mass is 204 g/mol. The first-order chi connectivity index (χ1) is 6.43. The van der Waals surface area contributed by atoms with Crippen LogP contribution in [0.5, 0.6) is 0 Å². The van der Waals surface area contributed by atoms with Crippen LogP contribution >= 0.6 is 0 Å². The van der Waals surface area contributed by atoms with Gasteiger partial charge in [0.25, 0.3) is 0 Å². The van der Waals surface area contributed by atoms with Crippen LogP contribution in [0.3, 0.4) is 0 Å². The zero-order valence-electron chi connectivity index (χ0n) is 7.33. The van der Waals surface area contributed by atoms with Crippen molar-refractivity contribution in [3.05, 3.63) is 0 Å². The standard InChI is InChI=1S/C8H12O6/c9-5-1-3(7(11)12)4(8(13)14)2-6(5)10/h3-6,9-10H,1-2H2,(H,11,12)(H,13,14)/t3?,4?,5-,6?/m1/s1. The summed E-state index contributed by atoms with van der Waals surface area (Å²) in [5, 5.41) is 35.8. The molecule has 4 atom stereocenters. The molecule has 80 valence electrons. The molecule has 14 heavy (non-hydrogen) atoms. The van der Waals surface area contributed by atoms with Crippen molar-refractivity contribution in [3.63, 3.8) is 0 Å². The highest BCUT2D eigenvalue weighted by molar-refractivity contribution is 5.80. The molecule has 0 aliphatic heterocycles. The van der Waals surface area contributed by atoms with Gasteiger partial charge in [-0.1, -0.05) is 0 Å². The number of aliphatic hydroxyl groups excluding tert-OH is 2. The van der Waals surface area contributed by atoms with Gasteiger partial charge in [-0.25, -0.2) is 0 Å². The number of aliphatic hydroxyl groups is 2. The highest BCUT2D eigenvalue weighted by Gasteiger charge is 2.42. The van der Waals surface area contributed by atoms with E-state index in [1.54, 1.807) is 0 Å². The highest BCUT2D eigenvalue weighted by Crippen LogP contribution is 2.31. The number of aliphatic carboxylic acids is 2. The van der Waals surface area contributed by atoms with Gasteiger partial charge in [0.05, 0.1) is 24.0 Å². The average molecular weight is 204 g/mol. The molecule has 6 heteroatoms. The molecular weight excluding hydrogens is 192 g/mol. The van der Waals surface area contributed by atoms with E-state index in [-0.39, 0.29) is 12.8 Å². The van der Waals surface area contributed by atoms with E-state index >= 15 is 0 Å². The third kappa shape index (κ3) is 2.02. The molecule has 1 aliphatic rings. The molecule has 0 spiro atoms. The molecule has 0 heterocycles. The Labute approximate surface area is 79.8 Å². The second kappa shape index (κ2) is 3.93. The fourth-order valence-electron chi connectivity index (χ4n) is 1.71. The van der Waals surface area contributed by atoms with E-state index in [1.165, 1.54) is 0 Å². The SMILES string of the molecule is O=C(O)C1CC(O)[C@H](O)CC1C(=O)O. The van der Waals surface area contributed by atoms with Crippen LogP contribution in [0.1, 0.15) is 12.8 Å². The second-order valence-corrected chi connectivity index (χ2v) is 3.50. The van der Waals surface area contributed by atoms with E-state index in [9.17, 15) is 19.8 Å². The summed E-state index contributed by atoms with van der Waals surface area (Å²) in [6.45, 7) is 0. The van der Waals surface area contributed by atoms with Crippen molar-refractivity contribution >= 4 is 11.9 Å². The van der Waals surface area contributed by atoms with Crippen LogP contribution in [0.15, 0.2) is 0 Å². The second-order valence-electron chi connectivity index (χ2n) is 3.50. The highest BCUT2D eigenvalue weighted by atomic mass is 16.4. The first-order valence-electron chi connectivity index (χ1n) is 4.25. The number of rotatable bonds is 2. The van der Waals surface area contributed by atoms with Crippen molar-refractivity contribution in [1.29, 1.82) is 0 Å². The predicted octanol–water partition coefficient (Wildman–Crippen LogP) is -1.10. The van der Waals surface area contributed by atoms with Gasteiger partial charge in [0.2, 0.25) is 0 Å². The van der Waals surface area contributed by atoms with Crippen LogP contribution in [0.2, 0.25) is 0 Å². The van der Waals surface area contributed by atoms with Gasteiger partial charge >= 0.3 is 11.9 Å². The first kappa shape index (κ1) is 10.9. The van der Waals surface area contributed by atoms with Crippen molar-refractivity contribution in [2.45, 2.75) is 25.0 Å². The minimum atomic E-state index is -1.25. The minimum absolute atomic E-state index is 0.215. The van der Waals surface area contributed by atoms with Crippen molar-refractivity contribution < 1.29 is 30.0 Å². The fourth-order valence-corrected chi connectivity index (χ4v) is 1.71. The lowest BCUT2D eigenvalue weighted by Crippen LogP contribution is -2.44. The van der Waals surface area contributed by atoms with Crippen molar-refractivity contribution in [3.8, 4) is 0 Å². The van der Waals surface area contributed by atoms with E-state index in [0.717, 1.165) is 0 Å². The molecule has 0 aromatic carbocycles. The molecule has 0 radical (unpaired) electrons. The van der Waals surface area contributed by atoms with Gasteiger partial charge < -0.3 is 20.4 Å². The zero-order chi connectivity index (χ0) is 10.9. The van der Waals surface area contributed by atoms with Gasteiger partial charge in [-0.15, -0.1) is 0 Å². The van der Waals surface area contributed by atoms with Crippen LogP contribution in [-0.4, -0.2) is 44.6 Å². The lowest BCUT2D eigenvalue weighted by atomic mass is 9.76. The molecule has 0 bridgehead atoms. The molecular formula is C8H12O6. The number of hydrogen-bond acceptors (Lipinski definition) is 4. The molecule has 0 aromatic heterocycles. The molecule has 1 saturated carbocycles. The van der Waals surface area contributed by atoms with Crippen molar-refractivity contribution in [1.82, 2.24) is 0 Å². The van der Waals surface area contributed by atoms with Gasteiger partial charge in [0, 0.05) is 0 Å². The normalized spacial score (nSPS) is 37.9. The lowest BCUT2D eigenvalue weighted by Gasteiger charge is -2.32.